The van der Waals surface area contributed by atoms with Gasteiger partial charge < -0.3 is 10.6 Å². The van der Waals surface area contributed by atoms with E-state index in [4.69, 9.17) is 0 Å². The van der Waals surface area contributed by atoms with Crippen LogP contribution >= 0.6 is 0 Å². The Bertz CT molecular complexity index is 568. The Morgan fingerprint density at radius 1 is 1.14 bits per heavy atom. The smallest absolute Gasteiger partial charge is 0.251 e. The summed E-state index contributed by atoms with van der Waals surface area (Å²) in [4.78, 5) is 27.3. The highest BCUT2D eigenvalue weighted by Crippen LogP contribution is 1.97. The van der Waals surface area contributed by atoms with Gasteiger partial charge in [0.1, 0.15) is 12.2 Å². The molecule has 1 aromatic heterocycles. The molecule has 7 heteroatoms. The topological polar surface area (TPSA) is 99.8 Å². The number of amides is 2. The van der Waals surface area contributed by atoms with Crippen LogP contribution in [0.1, 0.15) is 22.6 Å². The first-order valence-electron chi connectivity index (χ1n) is 6.70. The average molecular weight is 287 g/mol. The lowest BCUT2D eigenvalue weighted by Crippen LogP contribution is -2.37. The maximum atomic E-state index is 11.7. The summed E-state index contributed by atoms with van der Waals surface area (Å²) in [5, 5.41) is 11.8. The van der Waals surface area contributed by atoms with Crippen molar-refractivity contribution in [3.05, 3.63) is 48.0 Å². The number of aromatic nitrogens is 3. The summed E-state index contributed by atoms with van der Waals surface area (Å²) in [7, 11) is 0. The van der Waals surface area contributed by atoms with Gasteiger partial charge in [-0.25, -0.2) is 4.98 Å². The fourth-order valence-corrected chi connectivity index (χ4v) is 1.75. The Labute approximate surface area is 122 Å². The van der Waals surface area contributed by atoms with E-state index in [0.717, 1.165) is 18.7 Å². The van der Waals surface area contributed by atoms with Gasteiger partial charge in [0.05, 0.1) is 6.54 Å². The third kappa shape index (κ3) is 5.06. The molecule has 0 fully saturated rings. The average Bonchev–Trinajstić information content (AvgIpc) is 3.03. The lowest BCUT2D eigenvalue weighted by Gasteiger charge is -2.06. The van der Waals surface area contributed by atoms with Crippen LogP contribution in [0.3, 0.4) is 0 Å². The number of nitrogens with one attached hydrogen (secondary N) is 3. The Hall–Kier alpha value is -2.70. The van der Waals surface area contributed by atoms with Gasteiger partial charge in [-0.2, -0.15) is 5.10 Å². The van der Waals surface area contributed by atoms with Crippen LogP contribution in [0.4, 0.5) is 0 Å². The number of H-pyrrole nitrogens is 1. The van der Waals surface area contributed by atoms with Gasteiger partial charge in [0.2, 0.25) is 5.91 Å². The zero-order valence-corrected chi connectivity index (χ0v) is 11.5. The van der Waals surface area contributed by atoms with E-state index in [-0.39, 0.29) is 18.4 Å². The maximum Gasteiger partial charge on any atom is 0.251 e. The SMILES string of the molecule is O=C(CNC(=O)c1ccccc1)NCCCc1ncn[nH]1. The van der Waals surface area contributed by atoms with Crippen LogP contribution in [-0.2, 0) is 11.2 Å². The van der Waals surface area contributed by atoms with Crippen molar-refractivity contribution in [1.82, 2.24) is 25.8 Å². The van der Waals surface area contributed by atoms with Crippen LogP contribution in [0.25, 0.3) is 0 Å². The van der Waals surface area contributed by atoms with Crippen molar-refractivity contribution >= 4 is 11.8 Å². The van der Waals surface area contributed by atoms with Gasteiger partial charge in [-0.1, -0.05) is 18.2 Å². The largest absolute Gasteiger partial charge is 0.355 e. The summed E-state index contributed by atoms with van der Waals surface area (Å²) < 4.78 is 0. The van der Waals surface area contributed by atoms with Crippen LogP contribution < -0.4 is 10.6 Å². The van der Waals surface area contributed by atoms with Gasteiger partial charge >= 0.3 is 0 Å². The summed E-state index contributed by atoms with van der Waals surface area (Å²) in [6, 6.07) is 8.78. The van der Waals surface area contributed by atoms with Gasteiger partial charge in [0.15, 0.2) is 0 Å². The lowest BCUT2D eigenvalue weighted by atomic mass is 10.2. The van der Waals surface area contributed by atoms with Crippen LogP contribution in [-0.4, -0.2) is 40.1 Å². The van der Waals surface area contributed by atoms with Crippen LogP contribution in [0.15, 0.2) is 36.7 Å². The second kappa shape index (κ2) is 7.78. The molecule has 0 unspecified atom stereocenters. The van der Waals surface area contributed by atoms with Crippen molar-refractivity contribution < 1.29 is 9.59 Å². The van der Waals surface area contributed by atoms with E-state index in [1.165, 1.54) is 6.33 Å². The molecule has 0 aliphatic carbocycles. The number of aryl methyl sites for hydroxylation is 1. The standard InChI is InChI=1S/C14H17N5O2/c20-13(15-8-4-7-12-17-10-18-19-12)9-16-14(21)11-5-2-1-3-6-11/h1-3,5-6,10H,4,7-9H2,(H,15,20)(H,16,21)(H,17,18,19). The highest BCUT2D eigenvalue weighted by atomic mass is 16.2. The highest BCUT2D eigenvalue weighted by molar-refractivity contribution is 5.96. The third-order valence-electron chi connectivity index (χ3n) is 2.82. The fourth-order valence-electron chi connectivity index (χ4n) is 1.75. The molecule has 0 saturated carbocycles. The first-order chi connectivity index (χ1) is 10.3. The number of aromatic amines is 1. The van der Waals surface area contributed by atoms with Gasteiger partial charge in [-0.15, -0.1) is 0 Å². The molecule has 0 spiro atoms. The third-order valence-corrected chi connectivity index (χ3v) is 2.82. The molecule has 0 aliphatic heterocycles. The Kier molecular flexibility index (Phi) is 5.45. The van der Waals surface area contributed by atoms with Crippen molar-refractivity contribution in [2.75, 3.05) is 13.1 Å². The first kappa shape index (κ1) is 14.7. The molecule has 110 valence electrons. The molecule has 0 bridgehead atoms. The molecule has 2 aromatic rings. The molecule has 3 N–H and O–H groups in total. The summed E-state index contributed by atoms with van der Waals surface area (Å²) in [6.45, 7) is 0.497. The maximum absolute atomic E-state index is 11.7. The van der Waals surface area contributed by atoms with Gasteiger partial charge in [-0.05, 0) is 18.6 Å². The summed E-state index contributed by atoms with van der Waals surface area (Å²) in [6.07, 6.45) is 2.93. The van der Waals surface area contributed by atoms with Crippen molar-refractivity contribution in [1.29, 1.82) is 0 Å². The molecule has 0 atom stereocenters. The molecule has 0 aliphatic rings. The molecule has 1 heterocycles. The second-order valence-corrected chi connectivity index (χ2v) is 4.43. The monoisotopic (exact) mass is 287 g/mol. The van der Waals surface area contributed by atoms with Crippen LogP contribution in [0, 0.1) is 0 Å². The molecular weight excluding hydrogens is 270 g/mol. The molecular formula is C14H17N5O2. The molecule has 2 rings (SSSR count). The number of hydrogen-bond acceptors (Lipinski definition) is 4. The predicted octanol–water partition coefficient (Wildman–Crippen LogP) is 0.283. The van der Waals surface area contributed by atoms with Crippen molar-refractivity contribution in [2.24, 2.45) is 0 Å². The number of carbonyl (C=O) groups is 2. The summed E-state index contributed by atoms with van der Waals surface area (Å²) >= 11 is 0. The number of hydrogen-bond donors (Lipinski definition) is 3. The first-order valence-corrected chi connectivity index (χ1v) is 6.70. The van der Waals surface area contributed by atoms with E-state index < -0.39 is 0 Å². The van der Waals surface area contributed by atoms with E-state index in [1.54, 1.807) is 24.3 Å². The van der Waals surface area contributed by atoms with E-state index in [9.17, 15) is 9.59 Å². The quantitative estimate of drug-likeness (QED) is 0.637. The van der Waals surface area contributed by atoms with Crippen molar-refractivity contribution in [2.45, 2.75) is 12.8 Å². The van der Waals surface area contributed by atoms with E-state index in [2.05, 4.69) is 25.8 Å². The number of nitrogens with zero attached hydrogens (tertiary/aromatic N) is 2. The van der Waals surface area contributed by atoms with E-state index in [0.29, 0.717) is 12.1 Å². The molecule has 0 radical (unpaired) electrons. The fraction of sp³-hybridized carbons (Fsp3) is 0.286. The zero-order chi connectivity index (χ0) is 14.9. The normalized spacial score (nSPS) is 10.1. The van der Waals surface area contributed by atoms with Gasteiger partial charge in [0.25, 0.3) is 5.91 Å². The van der Waals surface area contributed by atoms with E-state index >= 15 is 0 Å². The van der Waals surface area contributed by atoms with Crippen LogP contribution in [0.2, 0.25) is 0 Å². The Balaban J connectivity index is 1.60. The minimum Gasteiger partial charge on any atom is -0.355 e. The summed E-state index contributed by atoms with van der Waals surface area (Å²) in [5.74, 6) is 0.325. The molecule has 2 amide bonds. The van der Waals surface area contributed by atoms with E-state index in [1.807, 2.05) is 6.07 Å². The van der Waals surface area contributed by atoms with Gasteiger partial charge in [-0.3, -0.25) is 14.7 Å². The molecule has 0 saturated heterocycles. The number of rotatable bonds is 7. The predicted molar refractivity (Wildman–Crippen MR) is 76.5 cm³/mol. The minimum atomic E-state index is -0.257. The number of carbonyl (C=O) groups excluding carboxylic acids is 2. The summed E-state index contributed by atoms with van der Waals surface area (Å²) in [5.41, 5.74) is 0.538. The van der Waals surface area contributed by atoms with Crippen LogP contribution in [0.5, 0.6) is 0 Å². The Morgan fingerprint density at radius 2 is 1.95 bits per heavy atom. The Morgan fingerprint density at radius 3 is 2.67 bits per heavy atom. The second-order valence-electron chi connectivity index (χ2n) is 4.43. The molecule has 7 nitrogen and oxygen atoms in total. The van der Waals surface area contributed by atoms with Gasteiger partial charge in [0, 0.05) is 18.5 Å². The zero-order valence-electron chi connectivity index (χ0n) is 11.5. The number of benzene rings is 1. The van der Waals surface area contributed by atoms with Crippen molar-refractivity contribution in [3.8, 4) is 0 Å². The molecule has 21 heavy (non-hydrogen) atoms. The highest BCUT2D eigenvalue weighted by Gasteiger charge is 2.06. The van der Waals surface area contributed by atoms with Crippen molar-refractivity contribution in [3.63, 3.8) is 0 Å². The minimum absolute atomic E-state index is 0.0317. The lowest BCUT2D eigenvalue weighted by molar-refractivity contribution is -0.120. The molecule has 1 aromatic carbocycles.